The second-order valence-corrected chi connectivity index (χ2v) is 3.64. The Kier molecular flexibility index (Phi) is 15.7. The van der Waals surface area contributed by atoms with Crippen LogP contribution in [0.3, 0.4) is 0 Å². The molecule has 0 atom stereocenters. The van der Waals surface area contributed by atoms with Crippen LogP contribution < -0.4 is 12.4 Å². The van der Waals surface area contributed by atoms with Crippen molar-refractivity contribution in [3.8, 4) is 0 Å². The average molecular weight is 463 g/mol. The van der Waals surface area contributed by atoms with Gasteiger partial charge in [-0.2, -0.15) is 12.5 Å². The first kappa shape index (κ1) is 21.9. The molecule has 0 aromatic heterocycles. The van der Waals surface area contributed by atoms with Crippen LogP contribution in [0, 0.1) is 12.5 Å². The van der Waals surface area contributed by atoms with Crippen molar-refractivity contribution in [1.29, 1.82) is 0 Å². The van der Waals surface area contributed by atoms with Crippen molar-refractivity contribution in [2.45, 2.75) is 0 Å². The van der Waals surface area contributed by atoms with Gasteiger partial charge in [-0.3, -0.25) is 5.73 Å². The van der Waals surface area contributed by atoms with Gasteiger partial charge in [-0.05, 0) is 0 Å². The molecule has 0 spiro atoms. The number of rotatable bonds is 2. The molecule has 5 heteroatoms. The van der Waals surface area contributed by atoms with E-state index in [2.05, 4.69) is 11.8 Å². The van der Waals surface area contributed by atoms with E-state index in [0.29, 0.717) is 0 Å². The maximum Gasteiger partial charge on any atom is 3.00 e. The normalized spacial score (nSPS) is 13.4. The molecule has 0 saturated heterocycles. The third-order valence-electron chi connectivity index (χ3n) is 1.58. The zero-order valence-corrected chi connectivity index (χ0v) is 13.8. The fraction of sp³-hybridized carbons (Fsp3) is 0. The zero-order chi connectivity index (χ0) is 8.93. The molecular weight excluding hydrogens is 453 g/mol. The van der Waals surface area contributed by atoms with Gasteiger partial charge in [0.05, 0.1) is 18.2 Å². The number of allylic oxidation sites excluding steroid dienone is 7. The van der Waals surface area contributed by atoms with Gasteiger partial charge in [-0.1, -0.05) is 16.7 Å². The minimum absolute atomic E-state index is 0. The van der Waals surface area contributed by atoms with Gasteiger partial charge in [0, 0.05) is 6.08 Å². The molecule has 2 nitrogen and oxygen atoms in total. The summed E-state index contributed by atoms with van der Waals surface area (Å²) in [4.78, 5) is 2.26. The van der Waals surface area contributed by atoms with E-state index >= 15 is 0 Å². The Morgan fingerprint density at radius 1 is 1.24 bits per heavy atom. The van der Waals surface area contributed by atoms with Crippen molar-refractivity contribution in [1.82, 2.24) is 0 Å². The van der Waals surface area contributed by atoms with Crippen LogP contribution in [-0.4, -0.2) is 37.2 Å². The quantitative estimate of drug-likeness (QED) is 0.319. The van der Waals surface area contributed by atoms with E-state index in [0.717, 1.165) is 9.81 Å². The Balaban J connectivity index is -0.000000490. The number of hydrogen-bond donors (Lipinski definition) is 0. The standard InChI is InChI=1S/C12H8S.Bi.ClH.2H2O/c1-3-7-11(8-4-1)13-12-9-5-2-6-10-12;;;;/h1-7,9H;;1H;2*1H2/q;+3;;;/p-3. The summed E-state index contributed by atoms with van der Waals surface area (Å²) in [6.45, 7) is 0. The largest absolute Gasteiger partial charge is 3.00 e. The molecule has 2 radical (unpaired) electrons. The summed E-state index contributed by atoms with van der Waals surface area (Å²) >= 11 is 1.68. The van der Waals surface area contributed by atoms with E-state index in [9.17, 15) is 0 Å². The van der Waals surface area contributed by atoms with Gasteiger partial charge in [0.25, 0.3) is 0 Å². The van der Waals surface area contributed by atoms with Crippen molar-refractivity contribution in [3.05, 3.63) is 70.6 Å². The van der Waals surface area contributed by atoms with Gasteiger partial charge >= 0.3 is 26.2 Å². The molecule has 88 valence electrons. The third kappa shape index (κ3) is 7.60. The summed E-state index contributed by atoms with van der Waals surface area (Å²) in [6.07, 6.45) is 19.1. The van der Waals surface area contributed by atoms with Crippen LogP contribution in [0.4, 0.5) is 0 Å². The second kappa shape index (κ2) is 12.2. The van der Waals surface area contributed by atoms with E-state index in [1.54, 1.807) is 11.8 Å². The molecule has 2 aliphatic rings. The Labute approximate surface area is 131 Å². The topological polar surface area (TPSA) is 60.0 Å². The van der Waals surface area contributed by atoms with E-state index < -0.39 is 0 Å². The monoisotopic (exact) mass is 462 g/mol. The first-order valence-corrected chi connectivity index (χ1v) is 4.88. The minimum atomic E-state index is 0. The SMILES string of the molecule is C1=C[CH-]C=CC=1SC1=CC=CC=[C+]1.[Bi+3].[Cl-].[OH-].[OH-]. The maximum absolute atomic E-state index is 3.16. The summed E-state index contributed by atoms with van der Waals surface area (Å²) in [5.74, 6) is 0. The second-order valence-electron chi connectivity index (χ2n) is 2.56. The number of thioether (sulfide) groups is 1. The van der Waals surface area contributed by atoms with E-state index in [1.807, 2.05) is 49.0 Å². The molecule has 2 aliphatic carbocycles. The molecule has 2 N–H and O–H groups in total. The van der Waals surface area contributed by atoms with E-state index in [1.165, 1.54) is 0 Å². The van der Waals surface area contributed by atoms with Gasteiger partial charge in [0.15, 0.2) is 4.91 Å². The van der Waals surface area contributed by atoms with Crippen molar-refractivity contribution in [3.63, 3.8) is 0 Å². The number of hydrogen-bond acceptors (Lipinski definition) is 3. The van der Waals surface area contributed by atoms with E-state index in [4.69, 9.17) is 0 Å². The molecule has 0 aromatic carbocycles. The van der Waals surface area contributed by atoms with E-state index in [-0.39, 0.29) is 49.6 Å². The molecule has 0 aliphatic heterocycles. The summed E-state index contributed by atoms with van der Waals surface area (Å²) in [6, 6.07) is 0. The molecule has 0 amide bonds. The molecule has 0 bridgehead atoms. The van der Waals surface area contributed by atoms with Crippen LogP contribution in [0.2, 0.25) is 0 Å². The zero-order valence-electron chi connectivity index (χ0n) is 8.75. The van der Waals surface area contributed by atoms with Gasteiger partial charge in [-0.25, -0.2) is 0 Å². The van der Waals surface area contributed by atoms with Gasteiger partial charge in [0.1, 0.15) is 6.08 Å². The molecule has 2 rings (SSSR count). The Bertz CT molecular complexity index is 391. The molecular formula is C12H10BiClO2S. The van der Waals surface area contributed by atoms with Crippen molar-refractivity contribution < 1.29 is 23.4 Å². The fourth-order valence-corrected chi connectivity index (χ4v) is 1.78. The van der Waals surface area contributed by atoms with Gasteiger partial charge < -0.3 is 23.4 Å². The van der Waals surface area contributed by atoms with Gasteiger partial charge in [0.2, 0.25) is 0 Å². The van der Waals surface area contributed by atoms with Crippen LogP contribution in [0.15, 0.2) is 58.1 Å². The first-order valence-electron chi connectivity index (χ1n) is 4.06. The van der Waals surface area contributed by atoms with Crippen LogP contribution >= 0.6 is 11.8 Å². The Morgan fingerprint density at radius 2 is 2.00 bits per heavy atom. The van der Waals surface area contributed by atoms with Gasteiger partial charge in [-0.15, -0.1) is 12.2 Å². The molecule has 0 heterocycles. The van der Waals surface area contributed by atoms with Crippen molar-refractivity contribution in [2.75, 3.05) is 0 Å². The Morgan fingerprint density at radius 3 is 2.53 bits per heavy atom. The average Bonchev–Trinajstić information content (AvgIpc) is 2.21. The van der Waals surface area contributed by atoms with Crippen LogP contribution in [0.1, 0.15) is 0 Å². The third-order valence-corrected chi connectivity index (χ3v) is 2.53. The van der Waals surface area contributed by atoms with Crippen LogP contribution in [0.25, 0.3) is 0 Å². The summed E-state index contributed by atoms with van der Waals surface area (Å²) in [7, 11) is 0. The minimum Gasteiger partial charge on any atom is -1.00 e. The molecule has 0 saturated carbocycles. The molecule has 0 aromatic rings. The smallest absolute Gasteiger partial charge is 1.00 e. The van der Waals surface area contributed by atoms with Crippen molar-refractivity contribution >= 4 is 38.0 Å². The van der Waals surface area contributed by atoms with Crippen LogP contribution in [-0.2, 0) is 0 Å². The number of halogens is 1. The fourth-order valence-electron chi connectivity index (χ4n) is 0.999. The first-order chi connectivity index (χ1) is 6.45. The molecule has 0 fully saturated rings. The summed E-state index contributed by atoms with van der Waals surface area (Å²) in [5.41, 5.74) is 3.16. The van der Waals surface area contributed by atoms with Crippen molar-refractivity contribution in [2.24, 2.45) is 0 Å². The van der Waals surface area contributed by atoms with Crippen LogP contribution in [0.5, 0.6) is 0 Å². The maximum atomic E-state index is 3.16. The molecule has 17 heavy (non-hydrogen) atoms. The summed E-state index contributed by atoms with van der Waals surface area (Å²) < 4.78 is 0. The molecule has 0 unspecified atom stereocenters. The predicted molar refractivity (Wildman–Crippen MR) is 67.3 cm³/mol. The predicted octanol–water partition coefficient (Wildman–Crippen LogP) is -0.385. The summed E-state index contributed by atoms with van der Waals surface area (Å²) in [5, 5.41) is 0. The Hall–Kier alpha value is -0.297.